The highest BCUT2D eigenvalue weighted by Crippen LogP contribution is 2.14. The van der Waals surface area contributed by atoms with E-state index in [1.807, 2.05) is 13.0 Å². The number of hydrogen-bond acceptors (Lipinski definition) is 2. The molecule has 0 amide bonds. The quantitative estimate of drug-likeness (QED) is 0.795. The summed E-state index contributed by atoms with van der Waals surface area (Å²) in [5, 5.41) is 3.35. The van der Waals surface area contributed by atoms with Crippen molar-refractivity contribution in [3.8, 4) is 0 Å². The highest BCUT2D eigenvalue weighted by atomic mass is 19.1. The van der Waals surface area contributed by atoms with Crippen LogP contribution in [0.3, 0.4) is 0 Å². The van der Waals surface area contributed by atoms with Crippen molar-refractivity contribution in [2.24, 2.45) is 0 Å². The summed E-state index contributed by atoms with van der Waals surface area (Å²) in [6.45, 7) is 4.58. The summed E-state index contributed by atoms with van der Waals surface area (Å²) in [5.41, 5.74) is 2.17. The number of ether oxygens (including phenoxy) is 1. The Kier molecular flexibility index (Phi) is 4.51. The van der Waals surface area contributed by atoms with Gasteiger partial charge >= 0.3 is 0 Å². The van der Waals surface area contributed by atoms with Crippen molar-refractivity contribution in [1.29, 1.82) is 0 Å². The smallest absolute Gasteiger partial charge is 0.123 e. The van der Waals surface area contributed by atoms with E-state index in [2.05, 4.69) is 5.32 Å². The molecule has 1 aromatic carbocycles. The van der Waals surface area contributed by atoms with Crippen LogP contribution in [0.25, 0.3) is 0 Å². The van der Waals surface area contributed by atoms with Crippen molar-refractivity contribution in [3.05, 3.63) is 35.1 Å². The third-order valence-corrected chi connectivity index (χ3v) is 3.29. The molecule has 1 saturated heterocycles. The molecule has 0 aromatic heterocycles. The van der Waals surface area contributed by atoms with Gasteiger partial charge in [-0.1, -0.05) is 6.07 Å². The lowest BCUT2D eigenvalue weighted by Gasteiger charge is -2.11. The number of hydrogen-bond donors (Lipinski definition) is 1. The maximum Gasteiger partial charge on any atom is 0.123 e. The van der Waals surface area contributed by atoms with E-state index in [1.165, 1.54) is 18.9 Å². The van der Waals surface area contributed by atoms with Crippen molar-refractivity contribution < 1.29 is 9.13 Å². The van der Waals surface area contributed by atoms with Gasteiger partial charge in [-0.15, -0.1) is 0 Å². The lowest BCUT2D eigenvalue weighted by atomic mass is 10.1. The minimum Gasteiger partial charge on any atom is -0.378 e. The van der Waals surface area contributed by atoms with Crippen molar-refractivity contribution >= 4 is 0 Å². The summed E-state index contributed by atoms with van der Waals surface area (Å²) in [5.74, 6) is -0.161. The number of rotatable bonds is 5. The monoisotopic (exact) mass is 237 g/mol. The summed E-state index contributed by atoms with van der Waals surface area (Å²) >= 11 is 0. The van der Waals surface area contributed by atoms with Gasteiger partial charge in [-0.3, -0.25) is 0 Å². The van der Waals surface area contributed by atoms with Crippen LogP contribution in [0.2, 0.25) is 0 Å². The minimum absolute atomic E-state index is 0.161. The topological polar surface area (TPSA) is 21.3 Å². The molecule has 3 heteroatoms. The van der Waals surface area contributed by atoms with E-state index >= 15 is 0 Å². The van der Waals surface area contributed by atoms with E-state index in [9.17, 15) is 4.39 Å². The molecule has 2 nitrogen and oxygen atoms in total. The van der Waals surface area contributed by atoms with Gasteiger partial charge in [0, 0.05) is 13.2 Å². The molecule has 1 aliphatic rings. The van der Waals surface area contributed by atoms with Gasteiger partial charge in [-0.2, -0.15) is 0 Å². The third kappa shape index (κ3) is 3.79. The molecule has 1 fully saturated rings. The third-order valence-electron chi connectivity index (χ3n) is 3.29. The van der Waals surface area contributed by atoms with Gasteiger partial charge in [0.25, 0.3) is 0 Å². The Morgan fingerprint density at radius 3 is 3.12 bits per heavy atom. The SMILES string of the molecule is Cc1ccc(F)cc1CNCCC1CCCO1. The average molecular weight is 237 g/mol. The zero-order valence-corrected chi connectivity index (χ0v) is 10.3. The molecular weight excluding hydrogens is 217 g/mol. The molecule has 1 aromatic rings. The van der Waals surface area contributed by atoms with Gasteiger partial charge in [-0.25, -0.2) is 4.39 Å². The molecule has 0 aliphatic carbocycles. The first-order valence-electron chi connectivity index (χ1n) is 6.33. The maximum absolute atomic E-state index is 13.1. The van der Waals surface area contributed by atoms with E-state index in [0.717, 1.165) is 37.2 Å². The fourth-order valence-corrected chi connectivity index (χ4v) is 2.19. The molecule has 1 heterocycles. The Morgan fingerprint density at radius 1 is 1.47 bits per heavy atom. The zero-order valence-electron chi connectivity index (χ0n) is 10.3. The van der Waals surface area contributed by atoms with Crippen LogP contribution < -0.4 is 5.32 Å². The van der Waals surface area contributed by atoms with E-state index in [0.29, 0.717) is 6.10 Å². The summed E-state index contributed by atoms with van der Waals surface area (Å²) in [7, 11) is 0. The molecule has 17 heavy (non-hydrogen) atoms. The molecule has 1 N–H and O–H groups in total. The maximum atomic E-state index is 13.1. The van der Waals surface area contributed by atoms with Gasteiger partial charge in [0.15, 0.2) is 0 Å². The van der Waals surface area contributed by atoms with Crippen LogP contribution in [-0.2, 0) is 11.3 Å². The molecule has 0 spiro atoms. The Balaban J connectivity index is 1.72. The summed E-state index contributed by atoms with van der Waals surface area (Å²) < 4.78 is 18.6. The van der Waals surface area contributed by atoms with Crippen LogP contribution in [0.4, 0.5) is 4.39 Å². The highest BCUT2D eigenvalue weighted by molar-refractivity contribution is 5.26. The molecular formula is C14H20FNO. The van der Waals surface area contributed by atoms with E-state index < -0.39 is 0 Å². The molecule has 0 radical (unpaired) electrons. The number of benzene rings is 1. The second-order valence-electron chi connectivity index (χ2n) is 4.67. The molecule has 0 bridgehead atoms. The largest absolute Gasteiger partial charge is 0.378 e. The number of aryl methyl sites for hydroxylation is 1. The average Bonchev–Trinajstić information content (AvgIpc) is 2.82. The van der Waals surface area contributed by atoms with Gasteiger partial charge in [0.1, 0.15) is 5.82 Å². The van der Waals surface area contributed by atoms with Crippen LogP contribution in [-0.4, -0.2) is 19.3 Å². The van der Waals surface area contributed by atoms with Crippen LogP contribution in [0, 0.1) is 12.7 Å². The normalized spacial score (nSPS) is 19.8. The number of nitrogens with one attached hydrogen (secondary N) is 1. The molecule has 2 rings (SSSR count). The lowest BCUT2D eigenvalue weighted by molar-refractivity contribution is 0.104. The Labute approximate surface area is 102 Å². The Bertz CT molecular complexity index is 361. The van der Waals surface area contributed by atoms with Crippen LogP contribution in [0.15, 0.2) is 18.2 Å². The summed E-state index contributed by atoms with van der Waals surface area (Å²) in [4.78, 5) is 0. The minimum atomic E-state index is -0.161. The highest BCUT2D eigenvalue weighted by Gasteiger charge is 2.14. The van der Waals surface area contributed by atoms with Gasteiger partial charge in [0.2, 0.25) is 0 Å². The molecule has 94 valence electrons. The van der Waals surface area contributed by atoms with Crippen molar-refractivity contribution in [2.75, 3.05) is 13.2 Å². The van der Waals surface area contributed by atoms with Crippen LogP contribution in [0.5, 0.6) is 0 Å². The molecule has 1 unspecified atom stereocenters. The van der Waals surface area contributed by atoms with Crippen molar-refractivity contribution in [1.82, 2.24) is 5.32 Å². The van der Waals surface area contributed by atoms with Crippen LogP contribution >= 0.6 is 0 Å². The summed E-state index contributed by atoms with van der Waals surface area (Å²) in [6.07, 6.45) is 3.85. The first-order chi connectivity index (χ1) is 8.25. The zero-order chi connectivity index (χ0) is 12.1. The standard InChI is InChI=1S/C14H20FNO/c1-11-4-5-13(15)9-12(11)10-16-7-6-14-3-2-8-17-14/h4-5,9,14,16H,2-3,6-8,10H2,1H3. The van der Waals surface area contributed by atoms with Gasteiger partial charge in [0.05, 0.1) is 6.10 Å². The Morgan fingerprint density at radius 2 is 2.35 bits per heavy atom. The predicted octanol–water partition coefficient (Wildman–Crippen LogP) is 2.79. The second kappa shape index (κ2) is 6.12. The first kappa shape index (κ1) is 12.5. The fourth-order valence-electron chi connectivity index (χ4n) is 2.19. The molecule has 1 aliphatic heterocycles. The predicted molar refractivity (Wildman–Crippen MR) is 66.4 cm³/mol. The lowest BCUT2D eigenvalue weighted by Crippen LogP contribution is -2.20. The van der Waals surface area contributed by atoms with Crippen LogP contribution in [0.1, 0.15) is 30.4 Å². The van der Waals surface area contributed by atoms with E-state index in [4.69, 9.17) is 4.74 Å². The first-order valence-corrected chi connectivity index (χ1v) is 6.33. The molecule has 1 atom stereocenters. The van der Waals surface area contributed by atoms with Crippen molar-refractivity contribution in [2.45, 2.75) is 38.8 Å². The van der Waals surface area contributed by atoms with Gasteiger partial charge in [-0.05, 0) is 56.0 Å². The Hall–Kier alpha value is -0.930. The number of halogens is 1. The fraction of sp³-hybridized carbons (Fsp3) is 0.571. The second-order valence-corrected chi connectivity index (χ2v) is 4.67. The van der Waals surface area contributed by atoms with E-state index in [-0.39, 0.29) is 5.82 Å². The van der Waals surface area contributed by atoms with Crippen molar-refractivity contribution in [3.63, 3.8) is 0 Å². The van der Waals surface area contributed by atoms with Gasteiger partial charge < -0.3 is 10.1 Å². The molecule has 0 saturated carbocycles. The van der Waals surface area contributed by atoms with E-state index in [1.54, 1.807) is 6.07 Å². The summed E-state index contributed by atoms with van der Waals surface area (Å²) in [6, 6.07) is 4.94.